The van der Waals surface area contributed by atoms with E-state index in [1.807, 2.05) is 0 Å². The van der Waals surface area contributed by atoms with Gasteiger partial charge in [-0.05, 0) is 24.2 Å². The molecule has 0 aromatic carbocycles. The third-order valence-corrected chi connectivity index (χ3v) is 39.0. The molecule has 0 aliphatic rings. The predicted octanol–water partition coefficient (Wildman–Crippen LogP) is -0.526. The van der Waals surface area contributed by atoms with Gasteiger partial charge in [0.25, 0.3) is 0 Å². The standard InChI is InChI=1S/C12H36N2Si4/c1-9(2)13(10(3)4)15-17-18-16-14(11(5)6)12(7)8/h9-12H,15-18H2,1-8H3. The van der Waals surface area contributed by atoms with Crippen LogP contribution in [0.25, 0.3) is 0 Å². The zero-order valence-electron chi connectivity index (χ0n) is 14.0. The van der Waals surface area contributed by atoms with Crippen LogP contribution in [0.15, 0.2) is 0 Å². The van der Waals surface area contributed by atoms with Gasteiger partial charge < -0.3 is 9.13 Å². The Morgan fingerprint density at radius 3 is 0.889 bits per heavy atom. The number of nitrogens with zero attached hydrogens (tertiary/aromatic N) is 2. The SMILES string of the molecule is CC(C)N([SiH2][SiH2][SiH2][SiH2]N(C(C)C)C(C)C)C(C)C. The van der Waals surface area contributed by atoms with Gasteiger partial charge in [-0.3, -0.25) is 0 Å². The van der Waals surface area contributed by atoms with Gasteiger partial charge in [0, 0.05) is 17.1 Å². The van der Waals surface area contributed by atoms with Crippen LogP contribution < -0.4 is 0 Å². The second-order valence-corrected chi connectivity index (χ2v) is 30.0. The number of hydrogen-bond acceptors (Lipinski definition) is 2. The first-order chi connectivity index (χ1) is 8.27. The number of hydrogen-bond donors (Lipinski definition) is 0. The molecule has 0 rings (SSSR count). The van der Waals surface area contributed by atoms with Crippen molar-refractivity contribution in [1.82, 2.24) is 9.13 Å². The highest BCUT2D eigenvalue weighted by Gasteiger charge is 2.15. The second kappa shape index (κ2) is 9.65. The van der Waals surface area contributed by atoms with E-state index < -0.39 is 0 Å². The van der Waals surface area contributed by atoms with Crippen molar-refractivity contribution >= 4 is 35.5 Å². The molecule has 110 valence electrons. The molecule has 0 atom stereocenters. The molecule has 0 saturated carbocycles. The van der Waals surface area contributed by atoms with Crippen molar-refractivity contribution in [2.45, 2.75) is 79.6 Å². The molecule has 0 fully saturated rings. The first-order valence-electron chi connectivity index (χ1n) is 7.78. The van der Waals surface area contributed by atoms with Gasteiger partial charge in [-0.25, -0.2) is 0 Å². The first-order valence-corrected chi connectivity index (χ1v) is 21.0. The van der Waals surface area contributed by atoms with Crippen LogP contribution in [-0.2, 0) is 0 Å². The molecule has 0 bridgehead atoms. The van der Waals surface area contributed by atoms with E-state index in [-0.39, 0.29) is 18.4 Å². The first kappa shape index (κ1) is 18.8. The summed E-state index contributed by atoms with van der Waals surface area (Å²) < 4.78 is 5.70. The molecule has 0 saturated heterocycles. The smallest absolute Gasteiger partial charge is 0.0768 e. The topological polar surface area (TPSA) is 6.48 Å². The lowest BCUT2D eigenvalue weighted by molar-refractivity contribution is 0.316. The van der Waals surface area contributed by atoms with Crippen LogP contribution in [0.3, 0.4) is 0 Å². The molecule has 0 aliphatic heterocycles. The molecule has 0 amide bonds. The van der Waals surface area contributed by atoms with Gasteiger partial charge in [0.1, 0.15) is 0 Å². The molecular weight excluding hydrogens is 284 g/mol. The lowest BCUT2D eigenvalue weighted by atomic mass is 10.3. The molecule has 0 unspecified atom stereocenters. The Morgan fingerprint density at radius 1 is 0.500 bits per heavy atom. The highest BCUT2D eigenvalue weighted by atomic mass is 29.7. The van der Waals surface area contributed by atoms with E-state index in [0.29, 0.717) is 17.1 Å². The number of rotatable bonds is 9. The molecule has 0 aromatic rings. The Morgan fingerprint density at radius 2 is 0.722 bits per heavy atom. The molecule has 0 radical (unpaired) electrons. The summed E-state index contributed by atoms with van der Waals surface area (Å²) in [5.74, 6) is 0. The van der Waals surface area contributed by atoms with Crippen molar-refractivity contribution in [3.63, 3.8) is 0 Å². The molecule has 0 spiro atoms. The van der Waals surface area contributed by atoms with Gasteiger partial charge in [-0.2, -0.15) is 0 Å². The summed E-state index contributed by atoms with van der Waals surface area (Å²) in [6, 6.07) is 3.19. The molecule has 2 nitrogen and oxygen atoms in total. The van der Waals surface area contributed by atoms with Crippen LogP contribution >= 0.6 is 0 Å². The average Bonchev–Trinajstić information content (AvgIpc) is 2.20. The van der Waals surface area contributed by atoms with E-state index in [0.717, 1.165) is 24.2 Å². The Labute approximate surface area is 124 Å². The van der Waals surface area contributed by atoms with E-state index in [1.165, 1.54) is 0 Å². The van der Waals surface area contributed by atoms with Crippen LogP contribution in [0.4, 0.5) is 0 Å². The minimum atomic E-state index is 0.180. The normalized spacial score (nSPS) is 15.7. The maximum absolute atomic E-state index is 2.85. The Kier molecular flexibility index (Phi) is 10.1. The van der Waals surface area contributed by atoms with Crippen molar-refractivity contribution in [1.29, 1.82) is 0 Å². The quantitative estimate of drug-likeness (QED) is 0.416. The summed E-state index contributed by atoms with van der Waals surface area (Å²) in [5.41, 5.74) is 0. The van der Waals surface area contributed by atoms with Crippen LogP contribution in [0.1, 0.15) is 55.4 Å². The van der Waals surface area contributed by atoms with Gasteiger partial charge in [0.15, 0.2) is 0 Å². The lowest BCUT2D eigenvalue weighted by Crippen LogP contribution is -2.48. The zero-order valence-corrected chi connectivity index (χ0v) is 19.7. The predicted molar refractivity (Wildman–Crippen MR) is 98.4 cm³/mol. The highest BCUT2D eigenvalue weighted by molar-refractivity contribution is 7.43. The van der Waals surface area contributed by atoms with E-state index in [1.54, 1.807) is 0 Å². The molecule has 18 heavy (non-hydrogen) atoms. The van der Waals surface area contributed by atoms with Gasteiger partial charge >= 0.3 is 0 Å². The molecule has 0 aromatic heterocycles. The second-order valence-electron chi connectivity index (χ2n) is 6.56. The zero-order chi connectivity index (χ0) is 14.3. The summed E-state index contributed by atoms with van der Waals surface area (Å²) in [6.45, 7) is 19.1. The third kappa shape index (κ3) is 7.39. The van der Waals surface area contributed by atoms with Crippen LogP contribution in [0.2, 0.25) is 0 Å². The fourth-order valence-electron chi connectivity index (χ4n) is 2.81. The van der Waals surface area contributed by atoms with Crippen molar-refractivity contribution in [3.8, 4) is 0 Å². The van der Waals surface area contributed by atoms with Crippen LogP contribution in [0, 0.1) is 0 Å². The van der Waals surface area contributed by atoms with E-state index >= 15 is 0 Å². The molecule has 6 heteroatoms. The molecule has 0 N–H and O–H groups in total. The molecular formula is C12H36N2Si4. The maximum atomic E-state index is 2.85. The summed E-state index contributed by atoms with van der Waals surface area (Å²) in [6.07, 6.45) is 0. The minimum Gasteiger partial charge on any atom is -0.328 e. The lowest BCUT2D eigenvalue weighted by Gasteiger charge is -2.32. The van der Waals surface area contributed by atoms with Gasteiger partial charge in [0.05, 0.1) is 18.4 Å². The summed E-state index contributed by atoms with van der Waals surface area (Å²) in [7, 11) is 1.15. The highest BCUT2D eigenvalue weighted by Crippen LogP contribution is 2.03. The average molecular weight is 321 g/mol. The van der Waals surface area contributed by atoms with Crippen molar-refractivity contribution < 1.29 is 0 Å². The fourth-order valence-corrected chi connectivity index (χ4v) is 38.5. The Balaban J connectivity index is 3.96. The monoisotopic (exact) mass is 320 g/mol. The van der Waals surface area contributed by atoms with Crippen molar-refractivity contribution in [2.75, 3.05) is 0 Å². The van der Waals surface area contributed by atoms with Gasteiger partial charge in [-0.15, -0.1) is 0 Å². The largest absolute Gasteiger partial charge is 0.328 e. The fraction of sp³-hybridized carbons (Fsp3) is 1.00. The maximum Gasteiger partial charge on any atom is 0.0768 e. The summed E-state index contributed by atoms with van der Waals surface area (Å²) in [4.78, 5) is 0. The molecule has 0 heterocycles. The molecule has 0 aliphatic carbocycles. The van der Waals surface area contributed by atoms with Gasteiger partial charge in [-0.1, -0.05) is 55.4 Å². The van der Waals surface area contributed by atoms with Gasteiger partial charge in [0.2, 0.25) is 0 Å². The summed E-state index contributed by atoms with van der Waals surface area (Å²) in [5, 5.41) is 0. The van der Waals surface area contributed by atoms with E-state index in [9.17, 15) is 0 Å². The third-order valence-electron chi connectivity index (χ3n) is 3.74. The minimum absolute atomic E-state index is 0.180. The Bertz CT molecular complexity index is 172. The van der Waals surface area contributed by atoms with E-state index in [4.69, 9.17) is 0 Å². The Hall–Kier alpha value is 0.788. The van der Waals surface area contributed by atoms with Crippen LogP contribution in [-0.4, -0.2) is 68.8 Å². The van der Waals surface area contributed by atoms with Crippen molar-refractivity contribution in [2.24, 2.45) is 0 Å². The summed E-state index contributed by atoms with van der Waals surface area (Å²) >= 11 is 0. The van der Waals surface area contributed by atoms with Crippen LogP contribution in [0.5, 0.6) is 0 Å². The van der Waals surface area contributed by atoms with Crippen molar-refractivity contribution in [3.05, 3.63) is 0 Å². The van der Waals surface area contributed by atoms with E-state index in [2.05, 4.69) is 64.5 Å².